The summed E-state index contributed by atoms with van der Waals surface area (Å²) >= 11 is 1.32. The fourth-order valence-corrected chi connectivity index (χ4v) is 4.07. The number of alkyl halides is 3. The van der Waals surface area contributed by atoms with Crippen molar-refractivity contribution in [3.63, 3.8) is 0 Å². The van der Waals surface area contributed by atoms with Crippen molar-refractivity contribution in [2.24, 2.45) is 0 Å². The second-order valence-corrected chi connectivity index (χ2v) is 8.76. The van der Waals surface area contributed by atoms with Crippen molar-refractivity contribution < 1.29 is 32.2 Å². The molecule has 0 fully saturated rings. The average Bonchev–Trinajstić information content (AvgIpc) is 2.88. The van der Waals surface area contributed by atoms with Gasteiger partial charge >= 0.3 is 6.36 Å². The minimum atomic E-state index is -4.80. The molecule has 2 heterocycles. The van der Waals surface area contributed by atoms with Gasteiger partial charge in [0, 0.05) is 37.6 Å². The number of nitrogens with zero attached hydrogens (tertiary/aromatic N) is 2. The number of hydrogen-bond donors (Lipinski definition) is 3. The zero-order valence-electron chi connectivity index (χ0n) is 20.4. The van der Waals surface area contributed by atoms with Crippen molar-refractivity contribution in [1.82, 2.24) is 15.3 Å². The van der Waals surface area contributed by atoms with E-state index < -0.39 is 12.3 Å². The Balaban J connectivity index is 1.56. The third-order valence-corrected chi connectivity index (χ3v) is 5.89. The minimum absolute atomic E-state index is 0.148. The molecule has 13 heteroatoms. The van der Waals surface area contributed by atoms with Crippen LogP contribution in [0.15, 0.2) is 66.0 Å². The summed E-state index contributed by atoms with van der Waals surface area (Å²) in [7, 11) is 1.62. The second kappa shape index (κ2) is 14.3. The number of amides is 2. The highest BCUT2D eigenvalue weighted by molar-refractivity contribution is 7.98. The SMILES string of the molecule is COCCCNCC(=O)Nc1cc(CSc2ncccc2C(=O)Nc2ccc(OC(F)(F)F)cc2)ccn1. The molecule has 0 aliphatic carbocycles. The van der Waals surface area contributed by atoms with Crippen molar-refractivity contribution in [3.05, 3.63) is 72.1 Å². The smallest absolute Gasteiger partial charge is 0.406 e. The van der Waals surface area contributed by atoms with Crippen LogP contribution >= 0.6 is 11.8 Å². The van der Waals surface area contributed by atoms with E-state index in [-0.39, 0.29) is 18.2 Å². The van der Waals surface area contributed by atoms with Crippen LogP contribution in [0, 0.1) is 0 Å². The molecule has 0 bridgehead atoms. The standard InChI is InChI=1S/C25H26F3N5O4S/c1-36-13-3-10-29-15-22(34)33-21-14-17(9-12-30-21)16-38-24-20(4-2-11-31-24)23(35)32-18-5-7-19(8-6-18)37-25(26,27)28/h2,4-9,11-12,14,29H,3,10,13,15-16H2,1H3,(H,32,35)(H,30,33,34). The van der Waals surface area contributed by atoms with Crippen molar-refractivity contribution in [2.45, 2.75) is 23.6 Å². The van der Waals surface area contributed by atoms with Gasteiger partial charge in [0.2, 0.25) is 5.91 Å². The van der Waals surface area contributed by atoms with Gasteiger partial charge in [-0.3, -0.25) is 9.59 Å². The van der Waals surface area contributed by atoms with E-state index in [2.05, 4.69) is 30.7 Å². The molecule has 2 aromatic heterocycles. The fourth-order valence-electron chi connectivity index (χ4n) is 3.13. The Bertz CT molecular complexity index is 1210. The number of pyridine rings is 2. The molecule has 2 amide bonds. The molecule has 1 aromatic carbocycles. The van der Waals surface area contributed by atoms with Gasteiger partial charge in [-0.2, -0.15) is 0 Å². The third-order valence-electron chi connectivity index (χ3n) is 4.82. The molecule has 0 spiro atoms. The third kappa shape index (κ3) is 10.00. The lowest BCUT2D eigenvalue weighted by molar-refractivity contribution is -0.274. The molecule has 38 heavy (non-hydrogen) atoms. The van der Waals surface area contributed by atoms with Crippen LogP contribution in [0.5, 0.6) is 5.75 Å². The largest absolute Gasteiger partial charge is 0.573 e. The number of carbonyl (C=O) groups excluding carboxylic acids is 2. The first kappa shape index (κ1) is 28.9. The lowest BCUT2D eigenvalue weighted by atomic mass is 10.2. The van der Waals surface area contributed by atoms with Gasteiger partial charge in [0.1, 0.15) is 16.6 Å². The quantitative estimate of drug-likeness (QED) is 0.211. The van der Waals surface area contributed by atoms with Crippen LogP contribution in [-0.4, -0.2) is 55.0 Å². The molecule has 0 aliphatic heterocycles. The predicted octanol–water partition coefficient (Wildman–Crippen LogP) is 4.48. The van der Waals surface area contributed by atoms with Crippen LogP contribution in [0.25, 0.3) is 0 Å². The Morgan fingerprint density at radius 2 is 1.82 bits per heavy atom. The van der Waals surface area contributed by atoms with Crippen LogP contribution in [0.3, 0.4) is 0 Å². The zero-order valence-corrected chi connectivity index (χ0v) is 21.2. The van der Waals surface area contributed by atoms with E-state index in [1.54, 1.807) is 43.8 Å². The second-order valence-electron chi connectivity index (χ2n) is 7.79. The highest BCUT2D eigenvalue weighted by Gasteiger charge is 2.31. The summed E-state index contributed by atoms with van der Waals surface area (Å²) < 4.78 is 45.8. The zero-order chi connectivity index (χ0) is 27.4. The number of anilines is 2. The summed E-state index contributed by atoms with van der Waals surface area (Å²) in [5, 5.41) is 8.88. The number of aromatic nitrogens is 2. The Kier molecular flexibility index (Phi) is 10.9. The summed E-state index contributed by atoms with van der Waals surface area (Å²) in [5.41, 5.74) is 1.45. The van der Waals surface area contributed by atoms with Gasteiger partial charge in [0.05, 0.1) is 12.1 Å². The number of thioether (sulfide) groups is 1. The number of hydrogen-bond acceptors (Lipinski definition) is 8. The van der Waals surface area contributed by atoms with E-state index in [4.69, 9.17) is 4.74 Å². The molecule has 0 saturated heterocycles. The van der Waals surface area contributed by atoms with Crippen LogP contribution < -0.4 is 20.7 Å². The van der Waals surface area contributed by atoms with Crippen molar-refractivity contribution in [1.29, 1.82) is 0 Å². The molecular formula is C25H26F3N5O4S. The number of nitrogens with one attached hydrogen (secondary N) is 3. The first-order valence-electron chi connectivity index (χ1n) is 11.4. The number of carbonyl (C=O) groups is 2. The van der Waals surface area contributed by atoms with Crippen LogP contribution in [0.2, 0.25) is 0 Å². The summed E-state index contributed by atoms with van der Waals surface area (Å²) in [6.45, 7) is 1.42. The molecule has 9 nitrogen and oxygen atoms in total. The van der Waals surface area contributed by atoms with Gasteiger partial charge in [-0.1, -0.05) is 0 Å². The van der Waals surface area contributed by atoms with E-state index in [0.717, 1.165) is 24.1 Å². The maximum absolute atomic E-state index is 12.8. The summed E-state index contributed by atoms with van der Waals surface area (Å²) in [5.74, 6) is -0.225. The molecule has 0 saturated carbocycles. The maximum atomic E-state index is 12.8. The number of rotatable bonds is 13. The lowest BCUT2D eigenvalue weighted by Gasteiger charge is -2.11. The fraction of sp³-hybridized carbons (Fsp3) is 0.280. The number of halogens is 3. The normalized spacial score (nSPS) is 11.2. The van der Waals surface area contributed by atoms with Gasteiger partial charge in [-0.05, 0) is 67.1 Å². The first-order chi connectivity index (χ1) is 18.2. The highest BCUT2D eigenvalue weighted by atomic mass is 32.2. The average molecular weight is 550 g/mol. The van der Waals surface area contributed by atoms with Crippen molar-refractivity contribution in [2.75, 3.05) is 37.4 Å². The predicted molar refractivity (Wildman–Crippen MR) is 137 cm³/mol. The Hall–Kier alpha value is -3.68. The minimum Gasteiger partial charge on any atom is -0.406 e. The highest BCUT2D eigenvalue weighted by Crippen LogP contribution is 2.27. The van der Waals surface area contributed by atoms with E-state index in [1.807, 2.05) is 0 Å². The van der Waals surface area contributed by atoms with Crippen LogP contribution in [-0.2, 0) is 15.3 Å². The molecule has 202 valence electrons. The van der Waals surface area contributed by atoms with Crippen molar-refractivity contribution >= 4 is 35.1 Å². The van der Waals surface area contributed by atoms with Gasteiger partial charge in [-0.25, -0.2) is 9.97 Å². The molecule has 3 aromatic rings. The Labute approximate surface area is 221 Å². The number of benzene rings is 1. The molecule has 0 unspecified atom stereocenters. The Morgan fingerprint density at radius 1 is 1.03 bits per heavy atom. The molecule has 3 rings (SSSR count). The Morgan fingerprint density at radius 3 is 2.55 bits per heavy atom. The van der Waals surface area contributed by atoms with Gasteiger partial charge < -0.3 is 25.4 Å². The molecule has 3 N–H and O–H groups in total. The molecular weight excluding hydrogens is 523 g/mol. The monoisotopic (exact) mass is 549 g/mol. The number of ether oxygens (including phenoxy) is 2. The van der Waals surface area contributed by atoms with Crippen LogP contribution in [0.1, 0.15) is 22.3 Å². The first-order valence-corrected chi connectivity index (χ1v) is 12.4. The number of methoxy groups -OCH3 is 1. The summed E-state index contributed by atoms with van der Waals surface area (Å²) in [4.78, 5) is 33.4. The van der Waals surface area contributed by atoms with Crippen LogP contribution in [0.4, 0.5) is 24.7 Å². The molecule has 0 atom stereocenters. The summed E-state index contributed by atoms with van der Waals surface area (Å²) in [6.07, 6.45) is -0.865. The maximum Gasteiger partial charge on any atom is 0.573 e. The van der Waals surface area contributed by atoms with E-state index in [1.165, 1.54) is 23.9 Å². The van der Waals surface area contributed by atoms with E-state index >= 15 is 0 Å². The van der Waals surface area contributed by atoms with Gasteiger partial charge in [-0.15, -0.1) is 24.9 Å². The topological polar surface area (TPSA) is 114 Å². The molecule has 0 aliphatic rings. The van der Waals surface area contributed by atoms with Crippen molar-refractivity contribution in [3.8, 4) is 5.75 Å². The van der Waals surface area contributed by atoms with Gasteiger partial charge in [0.25, 0.3) is 5.91 Å². The van der Waals surface area contributed by atoms with E-state index in [9.17, 15) is 22.8 Å². The lowest BCUT2D eigenvalue weighted by Crippen LogP contribution is -2.29. The molecule has 0 radical (unpaired) electrons. The summed E-state index contributed by atoms with van der Waals surface area (Å²) in [6, 6.07) is 11.6. The van der Waals surface area contributed by atoms with Gasteiger partial charge in [0.15, 0.2) is 0 Å². The van der Waals surface area contributed by atoms with E-state index in [0.29, 0.717) is 41.0 Å².